The van der Waals surface area contributed by atoms with E-state index in [2.05, 4.69) is 31.1 Å². The van der Waals surface area contributed by atoms with Gasteiger partial charge in [0.05, 0.1) is 10.2 Å². The lowest BCUT2D eigenvalue weighted by Gasteiger charge is -2.12. The highest BCUT2D eigenvalue weighted by atomic mass is 32.1. The number of amides is 1. The van der Waals surface area contributed by atoms with Crippen molar-refractivity contribution in [1.29, 1.82) is 0 Å². The molecule has 2 heterocycles. The van der Waals surface area contributed by atoms with Crippen molar-refractivity contribution in [2.75, 3.05) is 16.5 Å². The summed E-state index contributed by atoms with van der Waals surface area (Å²) in [6, 6.07) is 15.1. The largest absolute Gasteiger partial charge is 0.393 e. The number of carbonyl (C=O) groups is 1. The molecule has 5 N–H and O–H groups in total. The molecule has 0 atom stereocenters. The van der Waals surface area contributed by atoms with Crippen molar-refractivity contribution in [3.8, 4) is 0 Å². The SMILES string of the molecule is Cc1ccccc1C(=O)NNc1ncnc(Nc2nc3ccccc3s2)c1N. The first-order valence-corrected chi connectivity index (χ1v) is 9.28. The quantitative estimate of drug-likeness (QED) is 0.385. The molecule has 1 amide bonds. The number of fused-ring (bicyclic) bond motifs is 1. The smallest absolute Gasteiger partial charge is 0.269 e. The van der Waals surface area contributed by atoms with Crippen molar-refractivity contribution < 1.29 is 4.79 Å². The molecule has 0 radical (unpaired) electrons. The number of hydrogen-bond donors (Lipinski definition) is 4. The molecule has 8 nitrogen and oxygen atoms in total. The van der Waals surface area contributed by atoms with Crippen LogP contribution in [0.25, 0.3) is 10.2 Å². The van der Waals surface area contributed by atoms with E-state index in [0.717, 1.165) is 15.8 Å². The fraction of sp³-hybridized carbons (Fsp3) is 0.0526. The number of para-hydroxylation sites is 1. The lowest BCUT2D eigenvalue weighted by atomic mass is 10.1. The van der Waals surface area contributed by atoms with Gasteiger partial charge in [-0.2, -0.15) is 0 Å². The molecule has 0 unspecified atom stereocenters. The minimum absolute atomic E-state index is 0.270. The summed E-state index contributed by atoms with van der Waals surface area (Å²) in [5.74, 6) is 0.416. The van der Waals surface area contributed by atoms with E-state index in [0.29, 0.717) is 22.3 Å². The standard InChI is InChI=1S/C19H17N7OS/c1-11-6-2-3-7-12(11)18(27)26-25-17-15(20)16(21-10-22-17)24-19-23-13-8-4-5-9-14(13)28-19/h2-10H,20H2,1H3,(H,26,27)(H2,21,22,23,24,25). The second kappa shape index (κ2) is 7.49. The highest BCUT2D eigenvalue weighted by Gasteiger charge is 2.13. The molecule has 0 saturated heterocycles. The summed E-state index contributed by atoms with van der Waals surface area (Å²) in [5.41, 5.74) is 14.1. The average molecular weight is 391 g/mol. The molecule has 9 heteroatoms. The minimum Gasteiger partial charge on any atom is -0.393 e. The van der Waals surface area contributed by atoms with E-state index in [1.54, 1.807) is 12.1 Å². The van der Waals surface area contributed by atoms with Crippen LogP contribution in [0.5, 0.6) is 0 Å². The lowest BCUT2D eigenvalue weighted by Crippen LogP contribution is -2.30. The third-order valence-corrected chi connectivity index (χ3v) is 5.04. The molecular weight excluding hydrogens is 374 g/mol. The van der Waals surface area contributed by atoms with Crippen molar-refractivity contribution in [2.24, 2.45) is 0 Å². The molecule has 0 bridgehead atoms. The number of nitrogens with two attached hydrogens (primary N) is 1. The Bertz CT molecular complexity index is 1120. The maximum atomic E-state index is 12.3. The number of benzene rings is 2. The Morgan fingerprint density at radius 1 is 1.04 bits per heavy atom. The van der Waals surface area contributed by atoms with Crippen LogP contribution in [0, 0.1) is 6.92 Å². The van der Waals surface area contributed by atoms with Crippen molar-refractivity contribution in [3.05, 3.63) is 66.0 Å². The monoisotopic (exact) mass is 391 g/mol. The molecule has 0 aliphatic rings. The number of hydrogen-bond acceptors (Lipinski definition) is 8. The first-order valence-electron chi connectivity index (χ1n) is 8.47. The van der Waals surface area contributed by atoms with Gasteiger partial charge in [-0.1, -0.05) is 41.7 Å². The molecule has 0 aliphatic heterocycles. The Labute approximate surface area is 164 Å². The summed E-state index contributed by atoms with van der Waals surface area (Å²) >= 11 is 1.50. The molecule has 0 fully saturated rings. The van der Waals surface area contributed by atoms with E-state index in [9.17, 15) is 4.79 Å². The van der Waals surface area contributed by atoms with Crippen molar-refractivity contribution in [2.45, 2.75) is 6.92 Å². The number of carbonyl (C=O) groups excluding carboxylic acids is 1. The Balaban J connectivity index is 1.50. The van der Waals surface area contributed by atoms with Gasteiger partial charge in [0.25, 0.3) is 5.91 Å². The fourth-order valence-electron chi connectivity index (χ4n) is 2.63. The number of nitrogen functional groups attached to an aromatic ring is 1. The first-order chi connectivity index (χ1) is 13.6. The molecule has 0 spiro atoms. The zero-order valence-electron chi connectivity index (χ0n) is 14.9. The van der Waals surface area contributed by atoms with Gasteiger partial charge in [-0.3, -0.25) is 15.6 Å². The van der Waals surface area contributed by atoms with Crippen LogP contribution in [0.15, 0.2) is 54.9 Å². The van der Waals surface area contributed by atoms with Gasteiger partial charge < -0.3 is 11.1 Å². The molecule has 140 valence electrons. The van der Waals surface area contributed by atoms with Crippen molar-refractivity contribution in [1.82, 2.24) is 20.4 Å². The van der Waals surface area contributed by atoms with E-state index >= 15 is 0 Å². The molecule has 0 saturated carbocycles. The van der Waals surface area contributed by atoms with E-state index in [1.807, 2.05) is 43.3 Å². The van der Waals surface area contributed by atoms with Crippen LogP contribution in [-0.2, 0) is 0 Å². The normalized spacial score (nSPS) is 10.6. The number of anilines is 4. The van der Waals surface area contributed by atoms with Crippen LogP contribution in [-0.4, -0.2) is 20.9 Å². The van der Waals surface area contributed by atoms with Crippen LogP contribution >= 0.6 is 11.3 Å². The van der Waals surface area contributed by atoms with Gasteiger partial charge >= 0.3 is 0 Å². The van der Waals surface area contributed by atoms with Crippen LogP contribution in [0.3, 0.4) is 0 Å². The predicted molar refractivity (Wildman–Crippen MR) is 112 cm³/mol. The Morgan fingerprint density at radius 2 is 1.79 bits per heavy atom. The Kier molecular flexibility index (Phi) is 4.73. The molecule has 4 aromatic rings. The summed E-state index contributed by atoms with van der Waals surface area (Å²) in [7, 11) is 0. The van der Waals surface area contributed by atoms with Crippen LogP contribution in [0.2, 0.25) is 0 Å². The maximum Gasteiger partial charge on any atom is 0.269 e. The van der Waals surface area contributed by atoms with Gasteiger partial charge in [0, 0.05) is 5.56 Å². The zero-order valence-corrected chi connectivity index (χ0v) is 15.7. The number of hydrazine groups is 1. The molecule has 0 aliphatic carbocycles. The number of aromatic nitrogens is 3. The highest BCUT2D eigenvalue weighted by Crippen LogP contribution is 2.30. The van der Waals surface area contributed by atoms with Crippen LogP contribution in [0.1, 0.15) is 15.9 Å². The molecule has 28 heavy (non-hydrogen) atoms. The molecule has 2 aromatic heterocycles. The minimum atomic E-state index is -0.281. The van der Waals surface area contributed by atoms with Gasteiger partial charge in [-0.05, 0) is 30.7 Å². The highest BCUT2D eigenvalue weighted by molar-refractivity contribution is 7.22. The van der Waals surface area contributed by atoms with Gasteiger partial charge in [0.15, 0.2) is 16.8 Å². The fourth-order valence-corrected chi connectivity index (χ4v) is 3.50. The predicted octanol–water partition coefficient (Wildman–Crippen LogP) is 3.48. The molecule has 4 rings (SSSR count). The number of aryl methyl sites for hydroxylation is 1. The summed E-state index contributed by atoms with van der Waals surface area (Å²) in [6.07, 6.45) is 1.36. The van der Waals surface area contributed by atoms with E-state index in [-0.39, 0.29) is 11.6 Å². The lowest BCUT2D eigenvalue weighted by molar-refractivity contribution is 0.0962. The van der Waals surface area contributed by atoms with E-state index in [1.165, 1.54) is 17.7 Å². The van der Waals surface area contributed by atoms with Crippen molar-refractivity contribution in [3.63, 3.8) is 0 Å². The van der Waals surface area contributed by atoms with Gasteiger partial charge in [-0.15, -0.1) is 0 Å². The zero-order chi connectivity index (χ0) is 19.5. The van der Waals surface area contributed by atoms with E-state index in [4.69, 9.17) is 5.73 Å². The summed E-state index contributed by atoms with van der Waals surface area (Å²) in [6.45, 7) is 1.87. The van der Waals surface area contributed by atoms with Gasteiger partial charge in [-0.25, -0.2) is 15.0 Å². The number of nitrogens with zero attached hydrogens (tertiary/aromatic N) is 3. The van der Waals surface area contributed by atoms with Gasteiger partial charge in [0.1, 0.15) is 12.0 Å². The van der Waals surface area contributed by atoms with Crippen molar-refractivity contribution >= 4 is 49.9 Å². The summed E-state index contributed by atoms with van der Waals surface area (Å²) < 4.78 is 1.06. The van der Waals surface area contributed by atoms with E-state index < -0.39 is 0 Å². The number of thiazole rings is 1. The summed E-state index contributed by atoms with van der Waals surface area (Å²) in [5, 5.41) is 3.78. The van der Waals surface area contributed by atoms with Crippen LogP contribution < -0.4 is 21.9 Å². The second-order valence-corrected chi connectivity index (χ2v) is 7.02. The van der Waals surface area contributed by atoms with Gasteiger partial charge in [0.2, 0.25) is 0 Å². The third-order valence-electron chi connectivity index (χ3n) is 4.09. The number of nitrogens with one attached hydrogen (secondary N) is 3. The number of rotatable bonds is 5. The Hall–Kier alpha value is -3.72. The third kappa shape index (κ3) is 3.55. The Morgan fingerprint density at radius 3 is 2.61 bits per heavy atom. The molecule has 2 aromatic carbocycles. The summed E-state index contributed by atoms with van der Waals surface area (Å²) in [4.78, 5) is 25.1. The maximum absolute atomic E-state index is 12.3. The van der Waals surface area contributed by atoms with Crippen LogP contribution in [0.4, 0.5) is 22.5 Å². The average Bonchev–Trinajstić information content (AvgIpc) is 3.11. The topological polar surface area (TPSA) is 118 Å². The first kappa shape index (κ1) is 17.7. The second-order valence-electron chi connectivity index (χ2n) is 5.99. The molecular formula is C19H17N7OS.